The minimum atomic E-state index is 0.557. The number of morpholine rings is 1. The van der Waals surface area contributed by atoms with Gasteiger partial charge in [0.05, 0.1) is 13.2 Å². The SMILES string of the molecule is CC=CCCNC(N)=NCCCN1CCOCC1. The van der Waals surface area contributed by atoms with E-state index in [1.165, 1.54) is 0 Å². The number of allylic oxidation sites excluding steroid dienone is 1. The molecule has 0 unspecified atom stereocenters. The van der Waals surface area contributed by atoms with Crippen molar-refractivity contribution in [3.8, 4) is 0 Å². The summed E-state index contributed by atoms with van der Waals surface area (Å²) < 4.78 is 5.30. The first-order valence-corrected chi connectivity index (χ1v) is 6.78. The number of aliphatic imine (C=N–C) groups is 1. The minimum Gasteiger partial charge on any atom is -0.379 e. The Morgan fingerprint density at radius 3 is 2.94 bits per heavy atom. The van der Waals surface area contributed by atoms with Crippen LogP contribution in [0.25, 0.3) is 0 Å². The molecule has 18 heavy (non-hydrogen) atoms. The number of guanidine groups is 1. The van der Waals surface area contributed by atoms with Crippen LogP contribution in [0.5, 0.6) is 0 Å². The van der Waals surface area contributed by atoms with Crippen LogP contribution in [-0.2, 0) is 4.74 Å². The van der Waals surface area contributed by atoms with Crippen LogP contribution in [0.1, 0.15) is 19.8 Å². The average Bonchev–Trinajstić information content (AvgIpc) is 2.41. The van der Waals surface area contributed by atoms with Crippen molar-refractivity contribution in [3.63, 3.8) is 0 Å². The molecule has 0 radical (unpaired) electrons. The summed E-state index contributed by atoms with van der Waals surface area (Å²) in [6.45, 7) is 8.54. The molecule has 5 nitrogen and oxygen atoms in total. The number of nitrogens with zero attached hydrogens (tertiary/aromatic N) is 2. The van der Waals surface area contributed by atoms with Crippen LogP contribution in [0.2, 0.25) is 0 Å². The lowest BCUT2D eigenvalue weighted by atomic mass is 10.3. The highest BCUT2D eigenvalue weighted by Crippen LogP contribution is 1.97. The van der Waals surface area contributed by atoms with Gasteiger partial charge in [-0.2, -0.15) is 0 Å². The molecule has 104 valence electrons. The molecule has 0 aromatic carbocycles. The Bertz CT molecular complexity index is 260. The van der Waals surface area contributed by atoms with Gasteiger partial charge in [0, 0.05) is 32.7 Å². The molecular formula is C13H26N4O. The molecule has 1 rings (SSSR count). The van der Waals surface area contributed by atoms with Crippen molar-refractivity contribution in [1.82, 2.24) is 10.2 Å². The van der Waals surface area contributed by atoms with Gasteiger partial charge in [0.25, 0.3) is 0 Å². The summed E-state index contributed by atoms with van der Waals surface area (Å²) in [5, 5.41) is 3.10. The van der Waals surface area contributed by atoms with E-state index >= 15 is 0 Å². The zero-order chi connectivity index (χ0) is 13.1. The van der Waals surface area contributed by atoms with Crippen molar-refractivity contribution in [2.24, 2.45) is 10.7 Å². The van der Waals surface area contributed by atoms with E-state index in [0.29, 0.717) is 5.96 Å². The van der Waals surface area contributed by atoms with Crippen molar-refractivity contribution in [2.45, 2.75) is 19.8 Å². The van der Waals surface area contributed by atoms with Crippen molar-refractivity contribution in [2.75, 3.05) is 45.9 Å². The van der Waals surface area contributed by atoms with Crippen molar-refractivity contribution < 1.29 is 4.74 Å². The number of rotatable bonds is 7. The fourth-order valence-electron chi connectivity index (χ4n) is 1.82. The minimum absolute atomic E-state index is 0.557. The Labute approximate surface area is 110 Å². The smallest absolute Gasteiger partial charge is 0.188 e. The van der Waals surface area contributed by atoms with E-state index in [0.717, 1.165) is 58.8 Å². The number of hydrogen-bond donors (Lipinski definition) is 2. The van der Waals surface area contributed by atoms with E-state index in [1.807, 2.05) is 13.0 Å². The molecule has 0 bridgehead atoms. The molecular weight excluding hydrogens is 228 g/mol. The highest BCUT2D eigenvalue weighted by Gasteiger charge is 2.08. The summed E-state index contributed by atoms with van der Waals surface area (Å²) in [7, 11) is 0. The Kier molecular flexibility index (Phi) is 8.25. The van der Waals surface area contributed by atoms with Crippen LogP contribution in [0, 0.1) is 0 Å². The third-order valence-electron chi connectivity index (χ3n) is 2.87. The first-order valence-electron chi connectivity index (χ1n) is 6.78. The summed E-state index contributed by atoms with van der Waals surface area (Å²) in [6, 6.07) is 0. The molecule has 5 heteroatoms. The van der Waals surface area contributed by atoms with Gasteiger partial charge in [-0.25, -0.2) is 0 Å². The van der Waals surface area contributed by atoms with Crippen molar-refractivity contribution >= 4 is 5.96 Å². The Morgan fingerprint density at radius 1 is 1.44 bits per heavy atom. The van der Waals surface area contributed by atoms with Gasteiger partial charge in [-0.1, -0.05) is 12.2 Å². The molecule has 1 saturated heterocycles. The van der Waals surface area contributed by atoms with Gasteiger partial charge in [0.15, 0.2) is 5.96 Å². The van der Waals surface area contributed by atoms with Gasteiger partial charge in [-0.05, 0) is 19.8 Å². The quantitative estimate of drug-likeness (QED) is 0.302. The first kappa shape index (κ1) is 15.0. The van der Waals surface area contributed by atoms with Crippen LogP contribution in [0.15, 0.2) is 17.1 Å². The lowest BCUT2D eigenvalue weighted by Crippen LogP contribution is -2.37. The molecule has 0 aromatic heterocycles. The number of ether oxygens (including phenoxy) is 1. The van der Waals surface area contributed by atoms with E-state index < -0.39 is 0 Å². The maximum Gasteiger partial charge on any atom is 0.188 e. The summed E-state index contributed by atoms with van der Waals surface area (Å²) in [5.41, 5.74) is 5.76. The topological polar surface area (TPSA) is 62.9 Å². The zero-order valence-electron chi connectivity index (χ0n) is 11.4. The van der Waals surface area contributed by atoms with E-state index in [4.69, 9.17) is 10.5 Å². The van der Waals surface area contributed by atoms with Gasteiger partial charge >= 0.3 is 0 Å². The molecule has 1 aliphatic rings. The number of nitrogens with one attached hydrogen (secondary N) is 1. The molecule has 0 atom stereocenters. The normalized spacial score (nSPS) is 18.4. The molecule has 3 N–H and O–H groups in total. The predicted molar refractivity (Wildman–Crippen MR) is 75.8 cm³/mol. The maximum absolute atomic E-state index is 5.76. The number of nitrogens with two attached hydrogens (primary N) is 1. The van der Waals surface area contributed by atoms with Crippen LogP contribution in [0.3, 0.4) is 0 Å². The lowest BCUT2D eigenvalue weighted by molar-refractivity contribution is 0.0377. The first-order chi connectivity index (χ1) is 8.83. The van der Waals surface area contributed by atoms with Crippen LogP contribution >= 0.6 is 0 Å². The van der Waals surface area contributed by atoms with Gasteiger partial charge in [-0.3, -0.25) is 9.89 Å². The lowest BCUT2D eigenvalue weighted by Gasteiger charge is -2.26. The Balaban J connectivity index is 2.00. The molecule has 1 heterocycles. The van der Waals surface area contributed by atoms with Crippen LogP contribution < -0.4 is 11.1 Å². The molecule has 1 aliphatic heterocycles. The van der Waals surface area contributed by atoms with E-state index in [9.17, 15) is 0 Å². The molecule has 0 aromatic rings. The van der Waals surface area contributed by atoms with E-state index in [1.54, 1.807) is 0 Å². The molecule has 1 fully saturated rings. The second kappa shape index (κ2) is 9.91. The third-order valence-corrected chi connectivity index (χ3v) is 2.87. The van der Waals surface area contributed by atoms with Crippen molar-refractivity contribution in [3.05, 3.63) is 12.2 Å². The summed E-state index contributed by atoms with van der Waals surface area (Å²) in [4.78, 5) is 6.72. The van der Waals surface area contributed by atoms with Gasteiger partial charge in [0.2, 0.25) is 0 Å². The monoisotopic (exact) mass is 254 g/mol. The highest BCUT2D eigenvalue weighted by atomic mass is 16.5. The Morgan fingerprint density at radius 2 is 2.22 bits per heavy atom. The molecule has 0 aliphatic carbocycles. The predicted octanol–water partition coefficient (Wildman–Crippen LogP) is 0.579. The molecule has 0 spiro atoms. The van der Waals surface area contributed by atoms with Crippen LogP contribution in [0.4, 0.5) is 0 Å². The summed E-state index contributed by atoms with van der Waals surface area (Å²) in [5.74, 6) is 0.557. The van der Waals surface area contributed by atoms with Gasteiger partial charge in [0.1, 0.15) is 0 Å². The third kappa shape index (κ3) is 7.29. The molecule has 0 saturated carbocycles. The second-order valence-corrected chi connectivity index (χ2v) is 4.36. The van der Waals surface area contributed by atoms with Gasteiger partial charge < -0.3 is 15.8 Å². The number of hydrogen-bond acceptors (Lipinski definition) is 3. The largest absolute Gasteiger partial charge is 0.379 e. The van der Waals surface area contributed by atoms with Crippen LogP contribution in [-0.4, -0.2) is 56.8 Å². The van der Waals surface area contributed by atoms with E-state index in [2.05, 4.69) is 21.3 Å². The maximum atomic E-state index is 5.76. The fourth-order valence-corrected chi connectivity index (χ4v) is 1.82. The summed E-state index contributed by atoms with van der Waals surface area (Å²) in [6.07, 6.45) is 6.19. The van der Waals surface area contributed by atoms with Crippen molar-refractivity contribution in [1.29, 1.82) is 0 Å². The fraction of sp³-hybridized carbons (Fsp3) is 0.769. The van der Waals surface area contributed by atoms with E-state index in [-0.39, 0.29) is 0 Å². The molecule has 0 amide bonds. The Hall–Kier alpha value is -1.07. The van der Waals surface area contributed by atoms with Gasteiger partial charge in [-0.15, -0.1) is 0 Å². The summed E-state index contributed by atoms with van der Waals surface area (Å²) >= 11 is 0. The zero-order valence-corrected chi connectivity index (χ0v) is 11.4. The average molecular weight is 254 g/mol. The standard InChI is InChI=1S/C13H26N4O/c1-2-3-4-6-15-13(14)16-7-5-8-17-9-11-18-12-10-17/h2-3H,4-12H2,1H3,(H3,14,15,16). The highest BCUT2D eigenvalue weighted by molar-refractivity contribution is 5.77. The second-order valence-electron chi connectivity index (χ2n) is 4.36.